The minimum Gasteiger partial charge on any atom is -0.337 e. The van der Waals surface area contributed by atoms with Crippen LogP contribution in [0.15, 0.2) is 29.6 Å². The summed E-state index contributed by atoms with van der Waals surface area (Å²) in [6, 6.07) is 6.66. The van der Waals surface area contributed by atoms with Gasteiger partial charge in [0.15, 0.2) is 5.82 Å². The lowest BCUT2D eigenvalue weighted by atomic mass is 9.96. The molecule has 0 aliphatic carbocycles. The lowest BCUT2D eigenvalue weighted by molar-refractivity contribution is 0.0706. The molecule has 1 aliphatic rings. The molecule has 8 heteroatoms. The second-order valence-electron chi connectivity index (χ2n) is 6.96. The van der Waals surface area contributed by atoms with Crippen molar-refractivity contribution in [2.45, 2.75) is 38.5 Å². The lowest BCUT2D eigenvalue weighted by Gasteiger charge is -2.30. The number of H-pyrrole nitrogens is 1. The predicted octanol–water partition coefficient (Wildman–Crippen LogP) is 3.57. The van der Waals surface area contributed by atoms with E-state index in [4.69, 9.17) is 0 Å². The largest absolute Gasteiger partial charge is 0.337 e. The normalized spacial score (nSPS) is 15.1. The van der Waals surface area contributed by atoms with Gasteiger partial charge in [0.2, 0.25) is 0 Å². The smallest absolute Gasteiger partial charge is 0.273 e. The fraction of sp³-hybridized carbons (Fsp3) is 0.400. The van der Waals surface area contributed by atoms with Crippen molar-refractivity contribution in [1.82, 2.24) is 25.1 Å². The summed E-state index contributed by atoms with van der Waals surface area (Å²) in [5, 5.41) is 9.79. The minimum atomic E-state index is -0.245. The van der Waals surface area contributed by atoms with Gasteiger partial charge in [-0.05, 0) is 24.5 Å². The van der Waals surface area contributed by atoms with Crippen molar-refractivity contribution in [3.8, 4) is 0 Å². The van der Waals surface area contributed by atoms with Crippen molar-refractivity contribution >= 4 is 17.2 Å². The molecule has 1 aromatic carbocycles. The number of rotatable bonds is 5. The highest BCUT2D eigenvalue weighted by molar-refractivity contribution is 7.09. The molecule has 6 nitrogen and oxygen atoms in total. The highest BCUT2D eigenvalue weighted by atomic mass is 32.1. The van der Waals surface area contributed by atoms with E-state index in [2.05, 4.69) is 20.2 Å². The zero-order valence-corrected chi connectivity index (χ0v) is 16.5. The van der Waals surface area contributed by atoms with Gasteiger partial charge in [-0.3, -0.25) is 9.89 Å². The summed E-state index contributed by atoms with van der Waals surface area (Å²) in [6.45, 7) is 3.37. The van der Waals surface area contributed by atoms with Gasteiger partial charge in [0.05, 0.1) is 5.01 Å². The molecule has 0 atom stereocenters. The number of carbonyl (C=O) groups excluding carboxylic acids is 1. The molecule has 1 amide bonds. The van der Waals surface area contributed by atoms with E-state index in [0.717, 1.165) is 35.9 Å². The maximum Gasteiger partial charge on any atom is 0.273 e. The van der Waals surface area contributed by atoms with E-state index in [1.165, 1.54) is 17.4 Å². The summed E-state index contributed by atoms with van der Waals surface area (Å²) in [6.07, 6.45) is 2.93. The molecule has 4 rings (SSSR count). The maximum atomic E-state index is 13.8. The molecule has 0 bridgehead atoms. The third-order valence-corrected chi connectivity index (χ3v) is 5.95. The third-order valence-electron chi connectivity index (χ3n) is 5.10. The molecule has 1 fully saturated rings. The number of halogens is 1. The molecule has 0 spiro atoms. The Bertz CT molecular complexity index is 961. The number of likely N-dealkylation sites (tertiary alicyclic amines) is 1. The summed E-state index contributed by atoms with van der Waals surface area (Å²) >= 11 is 1.40. The molecule has 0 unspecified atom stereocenters. The Morgan fingerprint density at radius 1 is 1.29 bits per heavy atom. The summed E-state index contributed by atoms with van der Waals surface area (Å²) in [7, 11) is 0. The van der Waals surface area contributed by atoms with Crippen molar-refractivity contribution in [3.63, 3.8) is 0 Å². The molecule has 146 valence electrons. The van der Waals surface area contributed by atoms with E-state index in [1.807, 2.05) is 11.8 Å². The molecule has 0 saturated carbocycles. The van der Waals surface area contributed by atoms with Crippen LogP contribution < -0.4 is 0 Å². The molecule has 3 heterocycles. The molecular weight excluding hydrogens is 377 g/mol. The number of carbonyl (C=O) groups is 1. The Morgan fingerprint density at radius 2 is 2.07 bits per heavy atom. The molecule has 3 aromatic rings. The number of aryl methyl sites for hydroxylation is 1. The van der Waals surface area contributed by atoms with E-state index in [-0.39, 0.29) is 17.6 Å². The van der Waals surface area contributed by atoms with Gasteiger partial charge in [-0.2, -0.15) is 5.10 Å². The zero-order chi connectivity index (χ0) is 19.5. The second-order valence-corrected chi connectivity index (χ2v) is 7.90. The van der Waals surface area contributed by atoms with E-state index >= 15 is 0 Å². The number of nitrogens with one attached hydrogen (secondary N) is 1. The number of amides is 1. The van der Waals surface area contributed by atoms with Crippen molar-refractivity contribution in [1.29, 1.82) is 0 Å². The number of hydrogen-bond acceptors (Lipinski definition) is 5. The second kappa shape index (κ2) is 8.18. The number of thiazole rings is 1. The third kappa shape index (κ3) is 3.96. The molecule has 1 aliphatic heterocycles. The van der Waals surface area contributed by atoms with Gasteiger partial charge in [0.25, 0.3) is 5.91 Å². The fourth-order valence-corrected chi connectivity index (χ4v) is 4.24. The van der Waals surface area contributed by atoms with Gasteiger partial charge in [-0.25, -0.2) is 14.4 Å². The first kappa shape index (κ1) is 18.7. The van der Waals surface area contributed by atoms with Crippen LogP contribution in [0.2, 0.25) is 0 Å². The first-order valence-electron chi connectivity index (χ1n) is 9.52. The van der Waals surface area contributed by atoms with E-state index < -0.39 is 0 Å². The Kier molecular flexibility index (Phi) is 5.47. The highest BCUT2D eigenvalue weighted by Crippen LogP contribution is 2.27. The van der Waals surface area contributed by atoms with Crippen molar-refractivity contribution < 1.29 is 9.18 Å². The first-order chi connectivity index (χ1) is 13.6. The Balaban J connectivity index is 1.36. The van der Waals surface area contributed by atoms with E-state index in [9.17, 15) is 9.18 Å². The zero-order valence-electron chi connectivity index (χ0n) is 15.7. The van der Waals surface area contributed by atoms with Crippen LogP contribution in [-0.4, -0.2) is 44.1 Å². The predicted molar refractivity (Wildman–Crippen MR) is 105 cm³/mol. The first-order valence-corrected chi connectivity index (χ1v) is 10.4. The van der Waals surface area contributed by atoms with Crippen LogP contribution >= 0.6 is 11.3 Å². The van der Waals surface area contributed by atoms with Crippen LogP contribution in [0.5, 0.6) is 0 Å². The molecule has 1 saturated heterocycles. The van der Waals surface area contributed by atoms with Crippen LogP contribution in [0.3, 0.4) is 0 Å². The van der Waals surface area contributed by atoms with Gasteiger partial charge in [-0.1, -0.05) is 25.1 Å². The summed E-state index contributed by atoms with van der Waals surface area (Å²) in [5.41, 5.74) is 1.04. The number of piperidine rings is 1. The number of aromatic amines is 1. The molecular formula is C20H22FN5OS. The summed E-state index contributed by atoms with van der Waals surface area (Å²) in [5.74, 6) is 1.74. The van der Waals surface area contributed by atoms with Gasteiger partial charge >= 0.3 is 0 Å². The molecule has 0 radical (unpaired) electrons. The van der Waals surface area contributed by atoms with Crippen LogP contribution in [0.4, 0.5) is 4.39 Å². The van der Waals surface area contributed by atoms with Crippen LogP contribution in [0.1, 0.15) is 58.4 Å². The summed E-state index contributed by atoms with van der Waals surface area (Å²) in [4.78, 5) is 23.6. The van der Waals surface area contributed by atoms with Gasteiger partial charge in [-0.15, -0.1) is 11.3 Å². The van der Waals surface area contributed by atoms with Crippen molar-refractivity contribution in [2.24, 2.45) is 0 Å². The Hall–Kier alpha value is -2.61. The Morgan fingerprint density at radius 3 is 2.79 bits per heavy atom. The molecule has 28 heavy (non-hydrogen) atoms. The van der Waals surface area contributed by atoms with Crippen LogP contribution in [0, 0.1) is 5.82 Å². The van der Waals surface area contributed by atoms with Gasteiger partial charge in [0, 0.05) is 37.2 Å². The highest BCUT2D eigenvalue weighted by Gasteiger charge is 2.27. The number of hydrogen-bond donors (Lipinski definition) is 1. The summed E-state index contributed by atoms with van der Waals surface area (Å²) < 4.78 is 13.8. The number of benzene rings is 1. The Labute approximate surface area is 166 Å². The molecule has 1 N–H and O–H groups in total. The number of nitrogens with zero attached hydrogens (tertiary/aromatic N) is 4. The van der Waals surface area contributed by atoms with Crippen LogP contribution in [0.25, 0.3) is 0 Å². The maximum absolute atomic E-state index is 13.8. The van der Waals surface area contributed by atoms with E-state index in [1.54, 1.807) is 23.6 Å². The average molecular weight is 399 g/mol. The lowest BCUT2D eigenvalue weighted by Crippen LogP contribution is -2.38. The van der Waals surface area contributed by atoms with E-state index in [0.29, 0.717) is 30.8 Å². The standard InChI is InChI=1S/C20H22FN5OS/c1-2-17-23-19(25-24-17)13-7-9-26(10-8-13)20(27)16-12-28-18(22-16)11-14-5-3-4-6-15(14)21/h3-6,12-13H,2,7-11H2,1H3,(H,23,24,25). The number of aromatic nitrogens is 4. The van der Waals surface area contributed by atoms with Gasteiger partial charge < -0.3 is 4.90 Å². The quantitative estimate of drug-likeness (QED) is 0.712. The molecule has 2 aromatic heterocycles. The average Bonchev–Trinajstić information content (AvgIpc) is 3.39. The van der Waals surface area contributed by atoms with Crippen molar-refractivity contribution in [2.75, 3.05) is 13.1 Å². The minimum absolute atomic E-state index is 0.0567. The van der Waals surface area contributed by atoms with Crippen molar-refractivity contribution in [3.05, 3.63) is 63.4 Å². The topological polar surface area (TPSA) is 74.8 Å². The fourth-order valence-electron chi connectivity index (χ4n) is 3.45. The van der Waals surface area contributed by atoms with Crippen LogP contribution in [-0.2, 0) is 12.8 Å². The van der Waals surface area contributed by atoms with Gasteiger partial charge in [0.1, 0.15) is 17.3 Å². The SMILES string of the molecule is CCc1nc(C2CCN(C(=O)c3csc(Cc4ccccc4F)n3)CC2)n[nH]1. The monoisotopic (exact) mass is 399 g/mol.